The van der Waals surface area contributed by atoms with Crippen molar-refractivity contribution in [2.24, 2.45) is 0 Å². The van der Waals surface area contributed by atoms with Gasteiger partial charge in [0.15, 0.2) is 0 Å². The number of nitrogen functional groups attached to an aromatic ring is 1. The molecule has 4 rings (SSSR count). The van der Waals surface area contributed by atoms with Gasteiger partial charge in [0.05, 0.1) is 16.8 Å². The second-order valence-corrected chi connectivity index (χ2v) is 7.47. The van der Waals surface area contributed by atoms with E-state index in [9.17, 15) is 9.90 Å². The molecule has 4 N–H and O–H groups in total. The molecule has 2 heterocycles. The van der Waals surface area contributed by atoms with Crippen molar-refractivity contribution in [3.63, 3.8) is 0 Å². The van der Waals surface area contributed by atoms with E-state index in [1.807, 2.05) is 0 Å². The molecule has 114 valence electrons. The van der Waals surface area contributed by atoms with Crippen molar-refractivity contribution in [3.8, 4) is 0 Å². The lowest BCUT2D eigenvalue weighted by Crippen LogP contribution is -2.25. The average Bonchev–Trinajstić information content (AvgIpc) is 3.36. The van der Waals surface area contributed by atoms with Crippen molar-refractivity contribution in [1.82, 2.24) is 5.32 Å². The summed E-state index contributed by atoms with van der Waals surface area (Å²) in [7, 11) is 0. The van der Waals surface area contributed by atoms with Gasteiger partial charge in [-0.05, 0) is 38.0 Å². The molecule has 1 unspecified atom stereocenters. The van der Waals surface area contributed by atoms with Crippen LogP contribution in [0.2, 0.25) is 0 Å². The van der Waals surface area contributed by atoms with Crippen LogP contribution in [0.25, 0.3) is 0 Å². The Hall–Kier alpha value is -1.27. The zero-order chi connectivity index (χ0) is 14.6. The number of hydrogen-bond donors (Lipinski definition) is 3. The molecule has 6 heteroatoms. The first-order chi connectivity index (χ1) is 10.1. The summed E-state index contributed by atoms with van der Waals surface area (Å²) in [5, 5.41) is 13.9. The third-order valence-corrected chi connectivity index (χ3v) is 5.80. The normalized spacial score (nSPS) is 25.4. The molecule has 1 aliphatic heterocycles. The van der Waals surface area contributed by atoms with Crippen molar-refractivity contribution in [1.29, 1.82) is 0 Å². The van der Waals surface area contributed by atoms with Gasteiger partial charge in [0.25, 0.3) is 5.91 Å². The van der Waals surface area contributed by atoms with Crippen LogP contribution in [0.15, 0.2) is 0 Å². The Labute approximate surface area is 128 Å². The molecular weight excluding hydrogens is 286 g/mol. The molecule has 5 nitrogen and oxygen atoms in total. The molecule has 21 heavy (non-hydrogen) atoms. The third kappa shape index (κ3) is 2.51. The Morgan fingerprint density at radius 1 is 1.29 bits per heavy atom. The van der Waals surface area contributed by atoms with Crippen molar-refractivity contribution in [3.05, 3.63) is 10.4 Å². The molecule has 3 aliphatic rings. The maximum absolute atomic E-state index is 12.4. The molecule has 2 saturated carbocycles. The zero-order valence-corrected chi connectivity index (χ0v) is 12.8. The van der Waals surface area contributed by atoms with E-state index in [1.165, 1.54) is 11.3 Å². The summed E-state index contributed by atoms with van der Waals surface area (Å²) >= 11 is 1.51. The fraction of sp³-hybridized carbons (Fsp3) is 0.667. The van der Waals surface area contributed by atoms with Gasteiger partial charge < -0.3 is 21.1 Å². The Balaban J connectivity index is 1.66. The first-order valence-electron chi connectivity index (χ1n) is 7.79. The van der Waals surface area contributed by atoms with E-state index < -0.39 is 0 Å². The van der Waals surface area contributed by atoms with Gasteiger partial charge in [0.2, 0.25) is 0 Å². The first kappa shape index (κ1) is 13.4. The minimum atomic E-state index is -0.260. The van der Waals surface area contributed by atoms with Gasteiger partial charge >= 0.3 is 0 Å². The number of amides is 1. The zero-order valence-electron chi connectivity index (χ0n) is 12.0. The van der Waals surface area contributed by atoms with Crippen LogP contribution >= 0.6 is 11.3 Å². The Morgan fingerprint density at radius 2 is 2.05 bits per heavy atom. The van der Waals surface area contributed by atoms with E-state index in [0.29, 0.717) is 29.1 Å². The largest absolute Gasteiger partial charge is 0.397 e. The molecular formula is C15H21N3O2S. The van der Waals surface area contributed by atoms with Crippen LogP contribution < -0.4 is 16.0 Å². The van der Waals surface area contributed by atoms with E-state index in [0.717, 1.165) is 49.2 Å². The lowest BCUT2D eigenvalue weighted by molar-refractivity contribution is 0.0956. The van der Waals surface area contributed by atoms with Gasteiger partial charge in [0, 0.05) is 24.7 Å². The van der Waals surface area contributed by atoms with Crippen LogP contribution in [0.4, 0.5) is 10.7 Å². The third-order valence-electron chi connectivity index (χ3n) is 4.52. The maximum atomic E-state index is 12.4. The van der Waals surface area contributed by atoms with Crippen LogP contribution in [-0.4, -0.2) is 36.2 Å². The number of nitrogens with zero attached hydrogens (tertiary/aromatic N) is 1. The summed E-state index contributed by atoms with van der Waals surface area (Å²) in [6.07, 6.45) is 5.02. The van der Waals surface area contributed by atoms with Crippen LogP contribution in [-0.2, 0) is 0 Å². The molecule has 2 aliphatic carbocycles. The van der Waals surface area contributed by atoms with Crippen molar-refractivity contribution in [2.45, 2.75) is 50.2 Å². The first-order valence-corrected chi connectivity index (χ1v) is 8.61. The molecule has 1 saturated heterocycles. The summed E-state index contributed by atoms with van der Waals surface area (Å²) < 4.78 is 0. The Bertz CT molecular complexity index is 578. The minimum Gasteiger partial charge on any atom is -0.397 e. The number of carbonyl (C=O) groups is 1. The predicted octanol–water partition coefficient (Wildman–Crippen LogP) is 1.67. The van der Waals surface area contributed by atoms with Crippen LogP contribution in [0.1, 0.15) is 53.3 Å². The summed E-state index contributed by atoms with van der Waals surface area (Å²) in [6.45, 7) is 1.51. The Kier molecular flexibility index (Phi) is 3.11. The molecule has 3 fully saturated rings. The fourth-order valence-electron chi connectivity index (χ4n) is 3.02. The number of aliphatic hydroxyl groups excluding tert-OH is 1. The van der Waals surface area contributed by atoms with Gasteiger partial charge in [-0.3, -0.25) is 4.79 Å². The summed E-state index contributed by atoms with van der Waals surface area (Å²) in [5.41, 5.74) is 8.14. The molecule has 1 atom stereocenters. The van der Waals surface area contributed by atoms with E-state index in [1.54, 1.807) is 0 Å². The van der Waals surface area contributed by atoms with Crippen LogP contribution in [0, 0.1) is 0 Å². The number of thiophene rings is 1. The second-order valence-electron chi connectivity index (χ2n) is 6.47. The van der Waals surface area contributed by atoms with Gasteiger partial charge in [-0.25, -0.2) is 0 Å². The number of rotatable bonds is 4. The summed E-state index contributed by atoms with van der Waals surface area (Å²) in [5.74, 6) is 0.490. The number of anilines is 2. The lowest BCUT2D eigenvalue weighted by atomic mass is 10.1. The minimum absolute atomic E-state index is 0.0205. The maximum Gasteiger partial charge on any atom is 0.263 e. The lowest BCUT2D eigenvalue weighted by Gasteiger charge is -2.17. The monoisotopic (exact) mass is 307 g/mol. The highest BCUT2D eigenvalue weighted by Gasteiger charge is 2.36. The predicted molar refractivity (Wildman–Crippen MR) is 84.0 cm³/mol. The van der Waals surface area contributed by atoms with Crippen molar-refractivity contribution >= 4 is 27.9 Å². The smallest absolute Gasteiger partial charge is 0.263 e. The van der Waals surface area contributed by atoms with Gasteiger partial charge in [-0.2, -0.15) is 0 Å². The van der Waals surface area contributed by atoms with Crippen molar-refractivity contribution in [2.75, 3.05) is 23.7 Å². The fourth-order valence-corrected chi connectivity index (χ4v) is 4.27. The molecule has 0 spiro atoms. The highest BCUT2D eigenvalue weighted by atomic mass is 32.1. The SMILES string of the molecule is Nc1c(C(=O)NC2CC2)sc(N2CCC(O)C2)c1C1CC1. The Morgan fingerprint density at radius 3 is 2.62 bits per heavy atom. The molecule has 1 aromatic rings. The summed E-state index contributed by atoms with van der Waals surface area (Å²) in [4.78, 5) is 15.2. The number of carbonyl (C=O) groups excluding carboxylic acids is 1. The highest BCUT2D eigenvalue weighted by Crippen LogP contribution is 2.52. The standard InChI is InChI=1S/C15H21N3O2S/c16-12-11(8-1-2-8)15(18-6-5-10(19)7-18)21-13(12)14(20)17-9-3-4-9/h8-10,19H,1-7,16H2,(H,17,20). The number of nitrogens with one attached hydrogen (secondary N) is 1. The van der Waals surface area contributed by atoms with Gasteiger partial charge in [-0.1, -0.05) is 0 Å². The van der Waals surface area contributed by atoms with E-state index in [2.05, 4.69) is 10.2 Å². The summed E-state index contributed by atoms with van der Waals surface area (Å²) in [6, 6.07) is 0.348. The van der Waals surface area contributed by atoms with Crippen molar-refractivity contribution < 1.29 is 9.90 Å². The molecule has 1 aromatic heterocycles. The highest BCUT2D eigenvalue weighted by molar-refractivity contribution is 7.18. The average molecular weight is 307 g/mol. The van der Waals surface area contributed by atoms with Gasteiger partial charge in [-0.15, -0.1) is 11.3 Å². The van der Waals surface area contributed by atoms with Gasteiger partial charge in [0.1, 0.15) is 4.88 Å². The quantitative estimate of drug-likeness (QED) is 0.790. The van der Waals surface area contributed by atoms with Crippen LogP contribution in [0.3, 0.4) is 0 Å². The number of aliphatic hydroxyl groups is 1. The van der Waals surface area contributed by atoms with E-state index in [4.69, 9.17) is 5.73 Å². The molecule has 0 radical (unpaired) electrons. The van der Waals surface area contributed by atoms with E-state index in [-0.39, 0.29) is 12.0 Å². The second kappa shape index (κ2) is 4.88. The molecule has 0 bridgehead atoms. The topological polar surface area (TPSA) is 78.6 Å². The van der Waals surface area contributed by atoms with E-state index >= 15 is 0 Å². The molecule has 0 aromatic carbocycles. The number of β-amino-alcohol motifs (C(OH)–C–C–N with tert-alkyl or cyclic N) is 1. The number of nitrogens with two attached hydrogens (primary N) is 1. The number of hydrogen-bond acceptors (Lipinski definition) is 5. The molecule has 1 amide bonds. The van der Waals surface area contributed by atoms with Crippen LogP contribution in [0.5, 0.6) is 0 Å².